The summed E-state index contributed by atoms with van der Waals surface area (Å²) in [6, 6.07) is 1.06. The van der Waals surface area contributed by atoms with Crippen molar-refractivity contribution in [3.05, 3.63) is 44.2 Å². The second kappa shape index (κ2) is 5.28. The van der Waals surface area contributed by atoms with Crippen LogP contribution in [0.5, 0.6) is 0 Å². The predicted molar refractivity (Wildman–Crippen MR) is 78.0 cm³/mol. The summed E-state index contributed by atoms with van der Waals surface area (Å²) in [6.45, 7) is 6.31. The van der Waals surface area contributed by atoms with Crippen LogP contribution in [-0.4, -0.2) is 25.6 Å². The molecule has 0 atom stereocenters. The molecule has 0 fully saturated rings. The first kappa shape index (κ1) is 15.2. The molecule has 0 unspecified atom stereocenters. The number of aromatic carboxylic acids is 1. The number of nitrogens with zero attached hydrogens (tertiary/aromatic N) is 3. The number of nitro groups is 1. The van der Waals surface area contributed by atoms with Crippen LogP contribution in [0.25, 0.3) is 0 Å². The van der Waals surface area contributed by atoms with Gasteiger partial charge in [0, 0.05) is 16.9 Å². The van der Waals surface area contributed by atoms with E-state index in [2.05, 4.69) is 4.98 Å². The van der Waals surface area contributed by atoms with Crippen molar-refractivity contribution >= 4 is 23.0 Å². The molecule has 2 aromatic rings. The standard InChI is InChI=1S/C13H15N3O4S/c1-13(2,3)10-7-21-11(14-10)6-15-5-8(16(19)20)4-9(15)12(17)18/h4-5,7H,6H2,1-3H3,(H,17,18). The normalized spacial score (nSPS) is 11.6. The van der Waals surface area contributed by atoms with Gasteiger partial charge in [-0.3, -0.25) is 10.1 Å². The molecular formula is C13H15N3O4S. The molecule has 0 aliphatic heterocycles. The Labute approximate surface area is 125 Å². The summed E-state index contributed by atoms with van der Waals surface area (Å²) in [5.41, 5.74) is 0.475. The van der Waals surface area contributed by atoms with E-state index >= 15 is 0 Å². The fraction of sp³-hybridized carbons (Fsp3) is 0.385. The van der Waals surface area contributed by atoms with Crippen LogP contribution in [0.1, 0.15) is 42.0 Å². The van der Waals surface area contributed by atoms with Crippen molar-refractivity contribution in [3.8, 4) is 0 Å². The third-order valence-electron chi connectivity index (χ3n) is 2.94. The van der Waals surface area contributed by atoms with Gasteiger partial charge in [0.15, 0.2) is 0 Å². The first-order valence-corrected chi connectivity index (χ1v) is 7.09. The summed E-state index contributed by atoms with van der Waals surface area (Å²) < 4.78 is 1.34. The average Bonchev–Trinajstić information content (AvgIpc) is 2.95. The molecule has 8 heteroatoms. The second-order valence-corrected chi connectivity index (χ2v) is 6.59. The van der Waals surface area contributed by atoms with Gasteiger partial charge in [-0.05, 0) is 0 Å². The molecule has 0 radical (unpaired) electrons. The molecule has 21 heavy (non-hydrogen) atoms. The highest BCUT2D eigenvalue weighted by Crippen LogP contribution is 2.25. The third-order valence-corrected chi connectivity index (χ3v) is 3.77. The van der Waals surface area contributed by atoms with Crippen molar-refractivity contribution in [2.75, 3.05) is 0 Å². The van der Waals surface area contributed by atoms with Crippen LogP contribution in [0.2, 0.25) is 0 Å². The van der Waals surface area contributed by atoms with Gasteiger partial charge in [-0.15, -0.1) is 11.3 Å². The summed E-state index contributed by atoms with van der Waals surface area (Å²) >= 11 is 1.41. The molecule has 0 aliphatic rings. The number of hydrogen-bond acceptors (Lipinski definition) is 5. The molecule has 7 nitrogen and oxygen atoms in total. The fourth-order valence-electron chi connectivity index (χ4n) is 1.78. The SMILES string of the molecule is CC(C)(C)c1csc(Cn2cc([N+](=O)[O-])cc2C(=O)O)n1. The number of thiazole rings is 1. The zero-order valence-electron chi connectivity index (χ0n) is 11.9. The maximum Gasteiger partial charge on any atom is 0.352 e. The minimum Gasteiger partial charge on any atom is -0.477 e. The zero-order valence-corrected chi connectivity index (χ0v) is 12.7. The summed E-state index contributed by atoms with van der Waals surface area (Å²) in [4.78, 5) is 25.8. The van der Waals surface area contributed by atoms with Crippen LogP contribution in [0.15, 0.2) is 17.6 Å². The molecule has 0 amide bonds. The quantitative estimate of drug-likeness (QED) is 0.691. The minimum atomic E-state index is -1.20. The Morgan fingerprint density at radius 2 is 2.19 bits per heavy atom. The number of carboxylic acid groups (broad SMARTS) is 1. The van der Waals surface area contributed by atoms with E-state index in [-0.39, 0.29) is 23.3 Å². The first-order chi connectivity index (χ1) is 9.68. The van der Waals surface area contributed by atoms with E-state index in [1.807, 2.05) is 26.2 Å². The molecule has 1 N–H and O–H groups in total. The van der Waals surface area contributed by atoms with E-state index < -0.39 is 10.9 Å². The predicted octanol–water partition coefficient (Wildman–Crippen LogP) is 2.90. The molecule has 2 rings (SSSR count). The van der Waals surface area contributed by atoms with Gasteiger partial charge in [-0.25, -0.2) is 9.78 Å². The van der Waals surface area contributed by atoms with E-state index in [4.69, 9.17) is 5.11 Å². The lowest BCUT2D eigenvalue weighted by molar-refractivity contribution is -0.384. The number of carbonyl (C=O) groups is 1. The molecule has 2 aromatic heterocycles. The van der Waals surface area contributed by atoms with E-state index in [1.165, 1.54) is 22.1 Å². The monoisotopic (exact) mass is 309 g/mol. The molecule has 0 saturated carbocycles. The fourth-order valence-corrected chi connectivity index (χ4v) is 2.80. The smallest absolute Gasteiger partial charge is 0.352 e. The highest BCUT2D eigenvalue weighted by atomic mass is 32.1. The Morgan fingerprint density at radius 1 is 1.52 bits per heavy atom. The lowest BCUT2D eigenvalue weighted by Gasteiger charge is -2.14. The van der Waals surface area contributed by atoms with Crippen molar-refractivity contribution in [3.63, 3.8) is 0 Å². The Bertz CT molecular complexity index is 697. The summed E-state index contributed by atoms with van der Waals surface area (Å²) in [6.07, 6.45) is 1.22. The van der Waals surface area contributed by atoms with Gasteiger partial charge in [0.2, 0.25) is 0 Å². The lowest BCUT2D eigenvalue weighted by atomic mass is 9.93. The zero-order chi connectivity index (χ0) is 15.8. The maximum atomic E-state index is 11.2. The molecule has 112 valence electrons. The minimum absolute atomic E-state index is 0.0902. The average molecular weight is 309 g/mol. The second-order valence-electron chi connectivity index (χ2n) is 5.65. The van der Waals surface area contributed by atoms with Gasteiger partial charge >= 0.3 is 5.97 Å². The molecule has 2 heterocycles. The van der Waals surface area contributed by atoms with Crippen molar-refractivity contribution in [2.24, 2.45) is 0 Å². The first-order valence-electron chi connectivity index (χ1n) is 6.21. The highest BCUT2D eigenvalue weighted by molar-refractivity contribution is 7.09. The van der Waals surface area contributed by atoms with E-state index in [9.17, 15) is 14.9 Å². The van der Waals surface area contributed by atoms with Crippen molar-refractivity contribution in [2.45, 2.75) is 32.7 Å². The molecule has 0 bridgehead atoms. The topological polar surface area (TPSA) is 98.3 Å². The van der Waals surface area contributed by atoms with Crippen molar-refractivity contribution in [1.82, 2.24) is 9.55 Å². The number of rotatable bonds is 4. The summed E-state index contributed by atoms with van der Waals surface area (Å²) in [5, 5.41) is 22.5. The molecule has 0 aliphatic carbocycles. The molecule has 0 spiro atoms. The van der Waals surface area contributed by atoms with Gasteiger partial charge in [0.25, 0.3) is 5.69 Å². The lowest BCUT2D eigenvalue weighted by Crippen LogP contribution is -2.12. The van der Waals surface area contributed by atoms with Gasteiger partial charge in [-0.2, -0.15) is 0 Å². The number of hydrogen-bond donors (Lipinski definition) is 1. The maximum absolute atomic E-state index is 11.2. The third kappa shape index (κ3) is 3.27. The van der Waals surface area contributed by atoms with Crippen LogP contribution < -0.4 is 0 Å². The Kier molecular flexibility index (Phi) is 3.82. The van der Waals surface area contributed by atoms with Gasteiger partial charge in [0.1, 0.15) is 10.7 Å². The van der Waals surface area contributed by atoms with E-state index in [0.717, 1.165) is 11.8 Å². The number of carboxylic acids is 1. The van der Waals surface area contributed by atoms with Crippen LogP contribution in [0, 0.1) is 10.1 Å². The van der Waals surface area contributed by atoms with Gasteiger partial charge < -0.3 is 9.67 Å². The highest BCUT2D eigenvalue weighted by Gasteiger charge is 2.21. The van der Waals surface area contributed by atoms with Crippen LogP contribution >= 0.6 is 11.3 Å². The summed E-state index contributed by atoms with van der Waals surface area (Å²) in [5.74, 6) is -1.20. The molecular weight excluding hydrogens is 294 g/mol. The molecule has 0 saturated heterocycles. The van der Waals surface area contributed by atoms with Crippen molar-refractivity contribution in [1.29, 1.82) is 0 Å². The van der Waals surface area contributed by atoms with Crippen LogP contribution in [0.4, 0.5) is 5.69 Å². The Hall–Kier alpha value is -2.22. The molecule has 0 aromatic carbocycles. The van der Waals surface area contributed by atoms with Crippen LogP contribution in [0.3, 0.4) is 0 Å². The summed E-state index contributed by atoms with van der Waals surface area (Å²) in [7, 11) is 0. The largest absolute Gasteiger partial charge is 0.477 e. The van der Waals surface area contributed by atoms with E-state index in [0.29, 0.717) is 5.01 Å². The van der Waals surface area contributed by atoms with E-state index in [1.54, 1.807) is 0 Å². The Balaban J connectivity index is 2.33. The van der Waals surface area contributed by atoms with Gasteiger partial charge in [0.05, 0.1) is 23.4 Å². The van der Waals surface area contributed by atoms with Crippen molar-refractivity contribution < 1.29 is 14.8 Å². The van der Waals surface area contributed by atoms with Crippen LogP contribution in [-0.2, 0) is 12.0 Å². The Morgan fingerprint density at radius 3 is 2.67 bits per heavy atom. The number of aromatic nitrogens is 2. The van der Waals surface area contributed by atoms with Gasteiger partial charge in [-0.1, -0.05) is 20.8 Å².